The zero-order valence-corrected chi connectivity index (χ0v) is 9.55. The Hall–Kier alpha value is -0.610. The van der Waals surface area contributed by atoms with Crippen LogP contribution in [0.2, 0.25) is 0 Å². The van der Waals surface area contributed by atoms with Gasteiger partial charge in [-0.2, -0.15) is 0 Å². The van der Waals surface area contributed by atoms with Crippen LogP contribution in [0, 0.1) is 5.92 Å². The molecule has 1 amide bonds. The maximum atomic E-state index is 11.3. The third-order valence-corrected chi connectivity index (χ3v) is 2.20. The summed E-state index contributed by atoms with van der Waals surface area (Å²) < 4.78 is 0. The fourth-order valence-corrected chi connectivity index (χ4v) is 1.24. The van der Waals surface area contributed by atoms with Gasteiger partial charge in [-0.3, -0.25) is 9.69 Å². The highest BCUT2D eigenvalue weighted by atomic mass is 16.2. The fourth-order valence-electron chi connectivity index (χ4n) is 1.24. The fraction of sp³-hybridized carbons (Fsp3) is 0.900. The molecule has 0 heterocycles. The van der Waals surface area contributed by atoms with Gasteiger partial charge in [-0.25, -0.2) is 0 Å². The Labute approximate surface area is 86.8 Å². The van der Waals surface area contributed by atoms with Crippen molar-refractivity contribution in [1.82, 2.24) is 10.2 Å². The van der Waals surface area contributed by atoms with Crippen molar-refractivity contribution in [3.05, 3.63) is 0 Å². The first kappa shape index (κ1) is 13.4. The lowest BCUT2D eigenvalue weighted by Crippen LogP contribution is -2.38. The van der Waals surface area contributed by atoms with E-state index < -0.39 is 0 Å². The van der Waals surface area contributed by atoms with Crippen LogP contribution in [0.25, 0.3) is 0 Å². The average molecular weight is 201 g/mol. The minimum Gasteiger partial charge on any atom is -0.354 e. The van der Waals surface area contributed by atoms with Gasteiger partial charge in [0.15, 0.2) is 0 Å². The third kappa shape index (κ3) is 6.86. The zero-order chi connectivity index (χ0) is 11.0. The van der Waals surface area contributed by atoms with Gasteiger partial charge in [0, 0.05) is 19.6 Å². The third-order valence-electron chi connectivity index (χ3n) is 2.20. The second kappa shape index (κ2) is 7.76. The largest absolute Gasteiger partial charge is 0.354 e. The van der Waals surface area contributed by atoms with E-state index in [2.05, 4.69) is 19.2 Å². The number of carbonyl (C=O) groups is 1. The van der Waals surface area contributed by atoms with E-state index in [4.69, 9.17) is 5.73 Å². The summed E-state index contributed by atoms with van der Waals surface area (Å²) in [5.74, 6) is 0.698. The standard InChI is InChI=1S/C10H23N3O/c1-4-9(2)7-13(3)8-10(14)12-6-5-11/h9H,4-8,11H2,1-3H3,(H,12,14). The molecule has 0 bridgehead atoms. The number of nitrogens with one attached hydrogen (secondary N) is 1. The summed E-state index contributed by atoms with van der Waals surface area (Å²) in [5, 5.41) is 2.75. The van der Waals surface area contributed by atoms with Gasteiger partial charge in [0.1, 0.15) is 0 Å². The highest BCUT2D eigenvalue weighted by Crippen LogP contribution is 2.01. The Bertz CT molecular complexity index is 161. The van der Waals surface area contributed by atoms with Crippen LogP contribution in [0.3, 0.4) is 0 Å². The van der Waals surface area contributed by atoms with Crippen molar-refractivity contribution in [2.45, 2.75) is 20.3 Å². The predicted molar refractivity (Wildman–Crippen MR) is 59.0 cm³/mol. The van der Waals surface area contributed by atoms with Crippen molar-refractivity contribution < 1.29 is 4.79 Å². The van der Waals surface area contributed by atoms with E-state index in [1.54, 1.807) is 0 Å². The van der Waals surface area contributed by atoms with E-state index in [-0.39, 0.29) is 5.91 Å². The molecule has 0 spiro atoms. The molecule has 4 heteroatoms. The van der Waals surface area contributed by atoms with Crippen LogP contribution in [-0.4, -0.2) is 44.0 Å². The van der Waals surface area contributed by atoms with Gasteiger partial charge in [-0.05, 0) is 13.0 Å². The highest BCUT2D eigenvalue weighted by molar-refractivity contribution is 5.77. The average Bonchev–Trinajstić information content (AvgIpc) is 2.14. The summed E-state index contributed by atoms with van der Waals surface area (Å²) in [6.07, 6.45) is 1.15. The van der Waals surface area contributed by atoms with Crippen molar-refractivity contribution >= 4 is 5.91 Å². The first-order valence-corrected chi connectivity index (χ1v) is 5.25. The molecule has 4 nitrogen and oxygen atoms in total. The normalized spacial score (nSPS) is 12.9. The molecular weight excluding hydrogens is 178 g/mol. The second-order valence-corrected chi connectivity index (χ2v) is 3.85. The van der Waals surface area contributed by atoms with Gasteiger partial charge in [-0.15, -0.1) is 0 Å². The SMILES string of the molecule is CCC(C)CN(C)CC(=O)NCCN. The molecule has 0 aliphatic heterocycles. The molecule has 0 aromatic rings. The number of rotatable bonds is 7. The van der Waals surface area contributed by atoms with Crippen LogP contribution in [0.5, 0.6) is 0 Å². The number of nitrogens with two attached hydrogens (primary N) is 1. The molecular formula is C10H23N3O. The van der Waals surface area contributed by atoms with Gasteiger partial charge in [0.25, 0.3) is 0 Å². The molecule has 0 saturated carbocycles. The van der Waals surface area contributed by atoms with Gasteiger partial charge < -0.3 is 11.1 Å². The molecule has 1 atom stereocenters. The molecule has 0 fully saturated rings. The Morgan fingerprint density at radius 2 is 2.21 bits per heavy atom. The maximum absolute atomic E-state index is 11.3. The summed E-state index contributed by atoms with van der Waals surface area (Å²) >= 11 is 0. The van der Waals surface area contributed by atoms with Crippen LogP contribution in [0.4, 0.5) is 0 Å². The van der Waals surface area contributed by atoms with Gasteiger partial charge in [0.05, 0.1) is 6.54 Å². The molecule has 0 radical (unpaired) electrons. The summed E-state index contributed by atoms with van der Waals surface area (Å²) in [6, 6.07) is 0. The predicted octanol–water partition coefficient (Wildman–Crippen LogP) is 0.0392. The van der Waals surface area contributed by atoms with Gasteiger partial charge in [-0.1, -0.05) is 20.3 Å². The highest BCUT2D eigenvalue weighted by Gasteiger charge is 2.08. The monoisotopic (exact) mass is 201 g/mol. The molecule has 0 aliphatic rings. The lowest BCUT2D eigenvalue weighted by Gasteiger charge is -2.19. The van der Waals surface area contributed by atoms with Gasteiger partial charge >= 0.3 is 0 Å². The van der Waals surface area contributed by atoms with E-state index in [9.17, 15) is 4.79 Å². The molecule has 1 unspecified atom stereocenters. The minimum absolute atomic E-state index is 0.0567. The van der Waals surface area contributed by atoms with E-state index in [1.165, 1.54) is 0 Å². The Morgan fingerprint density at radius 1 is 1.57 bits per heavy atom. The Kier molecular flexibility index (Phi) is 7.42. The molecule has 0 aromatic carbocycles. The van der Waals surface area contributed by atoms with Crippen LogP contribution in [0.15, 0.2) is 0 Å². The Balaban J connectivity index is 3.60. The summed E-state index contributed by atoms with van der Waals surface area (Å²) in [6.45, 7) is 6.84. The maximum Gasteiger partial charge on any atom is 0.234 e. The van der Waals surface area contributed by atoms with E-state index in [0.717, 1.165) is 13.0 Å². The smallest absolute Gasteiger partial charge is 0.234 e. The second-order valence-electron chi connectivity index (χ2n) is 3.85. The molecule has 3 N–H and O–H groups in total. The molecule has 0 aliphatic carbocycles. The van der Waals surface area contributed by atoms with E-state index in [0.29, 0.717) is 25.6 Å². The molecule has 0 saturated heterocycles. The number of nitrogens with zero attached hydrogens (tertiary/aromatic N) is 1. The number of amides is 1. The number of carbonyl (C=O) groups excluding carboxylic acids is 1. The minimum atomic E-state index is 0.0567. The van der Waals surface area contributed by atoms with Crippen LogP contribution in [-0.2, 0) is 4.79 Å². The first-order chi connectivity index (χ1) is 6.60. The number of hydrogen-bond acceptors (Lipinski definition) is 3. The molecule has 14 heavy (non-hydrogen) atoms. The number of likely N-dealkylation sites (N-methyl/N-ethyl adjacent to an activating group) is 1. The van der Waals surface area contributed by atoms with Crippen molar-refractivity contribution in [2.24, 2.45) is 11.7 Å². The van der Waals surface area contributed by atoms with E-state index >= 15 is 0 Å². The van der Waals surface area contributed by atoms with Gasteiger partial charge in [0.2, 0.25) is 5.91 Å². The summed E-state index contributed by atoms with van der Waals surface area (Å²) in [7, 11) is 1.97. The summed E-state index contributed by atoms with van der Waals surface area (Å²) in [4.78, 5) is 13.3. The van der Waals surface area contributed by atoms with Crippen LogP contribution >= 0.6 is 0 Å². The molecule has 0 rings (SSSR count). The van der Waals surface area contributed by atoms with Crippen molar-refractivity contribution in [3.63, 3.8) is 0 Å². The van der Waals surface area contributed by atoms with Crippen molar-refractivity contribution in [2.75, 3.05) is 33.2 Å². The van der Waals surface area contributed by atoms with Crippen LogP contribution in [0.1, 0.15) is 20.3 Å². The van der Waals surface area contributed by atoms with Crippen molar-refractivity contribution in [3.8, 4) is 0 Å². The zero-order valence-electron chi connectivity index (χ0n) is 9.55. The topological polar surface area (TPSA) is 58.4 Å². The molecule has 84 valence electrons. The number of hydrogen-bond donors (Lipinski definition) is 2. The Morgan fingerprint density at radius 3 is 2.71 bits per heavy atom. The van der Waals surface area contributed by atoms with Crippen molar-refractivity contribution in [1.29, 1.82) is 0 Å². The van der Waals surface area contributed by atoms with E-state index in [1.807, 2.05) is 11.9 Å². The van der Waals surface area contributed by atoms with Crippen LogP contribution < -0.4 is 11.1 Å². The first-order valence-electron chi connectivity index (χ1n) is 5.25. The lowest BCUT2D eigenvalue weighted by molar-refractivity contribution is -0.122. The molecule has 0 aromatic heterocycles. The summed E-state index contributed by atoms with van der Waals surface area (Å²) in [5.41, 5.74) is 5.28. The lowest BCUT2D eigenvalue weighted by atomic mass is 10.1. The quantitative estimate of drug-likeness (QED) is 0.611.